The van der Waals surface area contributed by atoms with Crippen LogP contribution in [0, 0.1) is 0 Å². The minimum atomic E-state index is -0.364. The Morgan fingerprint density at radius 1 is 1.05 bits per heavy atom. The quantitative estimate of drug-likeness (QED) is 0.448. The highest BCUT2D eigenvalue weighted by molar-refractivity contribution is 5.79. The van der Waals surface area contributed by atoms with E-state index in [9.17, 15) is 14.4 Å². The van der Waals surface area contributed by atoms with E-state index >= 15 is 0 Å². The molecule has 7 heteroatoms. The number of nitrogens with zero attached hydrogens (tertiary/aromatic N) is 1. The Bertz CT molecular complexity index is 320. The molecule has 0 aromatic carbocycles. The van der Waals surface area contributed by atoms with Crippen molar-refractivity contribution >= 4 is 17.8 Å². The van der Waals surface area contributed by atoms with Crippen LogP contribution in [0.3, 0.4) is 0 Å². The van der Waals surface area contributed by atoms with Gasteiger partial charge in [-0.2, -0.15) is 0 Å². The summed E-state index contributed by atoms with van der Waals surface area (Å²) >= 11 is 0. The monoisotopic (exact) mass is 288 g/mol. The minimum Gasteiger partial charge on any atom is -0.469 e. The molecule has 0 aromatic heterocycles. The zero-order chi connectivity index (χ0) is 15.4. The highest BCUT2D eigenvalue weighted by atomic mass is 16.5. The summed E-state index contributed by atoms with van der Waals surface area (Å²) in [5.74, 6) is -0.832. The van der Waals surface area contributed by atoms with Crippen LogP contribution in [0.5, 0.6) is 0 Å². The van der Waals surface area contributed by atoms with E-state index in [-0.39, 0.29) is 37.4 Å². The zero-order valence-corrected chi connectivity index (χ0v) is 12.4. The number of carbonyl (C=O) groups excluding carboxylic acids is 3. The summed E-state index contributed by atoms with van der Waals surface area (Å²) in [4.78, 5) is 35.5. The van der Waals surface area contributed by atoms with Gasteiger partial charge in [0.25, 0.3) is 0 Å². The molecule has 0 unspecified atom stereocenters. The Hall–Kier alpha value is -1.63. The maximum absolute atomic E-state index is 11.7. The molecule has 0 fully saturated rings. The highest BCUT2D eigenvalue weighted by Crippen LogP contribution is 1.94. The standard InChI is InChI=1S/C13H24N2O5/c1-4-8-15(10-13(18)20-3)9-11(16)14-7-5-6-12(17)19-2/h4-10H2,1-3H3,(H,14,16). The molecule has 7 nitrogen and oxygen atoms in total. The molecule has 116 valence electrons. The number of ether oxygens (including phenoxy) is 2. The number of carbonyl (C=O) groups is 3. The molecule has 0 spiro atoms. The third kappa shape index (κ3) is 9.32. The molecule has 0 aliphatic heterocycles. The smallest absolute Gasteiger partial charge is 0.319 e. The van der Waals surface area contributed by atoms with E-state index in [0.717, 1.165) is 6.42 Å². The lowest BCUT2D eigenvalue weighted by Gasteiger charge is -2.19. The zero-order valence-electron chi connectivity index (χ0n) is 12.4. The number of nitrogens with one attached hydrogen (secondary N) is 1. The first-order chi connectivity index (χ1) is 9.53. The number of methoxy groups -OCH3 is 2. The molecule has 0 atom stereocenters. The molecule has 0 aromatic rings. The summed E-state index contributed by atoms with van der Waals surface area (Å²) in [5.41, 5.74) is 0. The number of hydrogen-bond acceptors (Lipinski definition) is 6. The largest absolute Gasteiger partial charge is 0.469 e. The number of esters is 2. The second kappa shape index (κ2) is 11.2. The topological polar surface area (TPSA) is 84.9 Å². The lowest BCUT2D eigenvalue weighted by atomic mass is 10.3. The van der Waals surface area contributed by atoms with Crippen LogP contribution in [-0.2, 0) is 23.9 Å². The highest BCUT2D eigenvalue weighted by Gasteiger charge is 2.13. The summed E-state index contributed by atoms with van der Waals surface area (Å²) in [6.45, 7) is 3.26. The molecule has 0 radical (unpaired) electrons. The number of amides is 1. The molecule has 1 N–H and O–H groups in total. The van der Waals surface area contributed by atoms with Crippen LogP contribution in [-0.4, -0.2) is 63.1 Å². The fraction of sp³-hybridized carbons (Fsp3) is 0.769. The van der Waals surface area contributed by atoms with E-state index in [4.69, 9.17) is 0 Å². The van der Waals surface area contributed by atoms with Gasteiger partial charge in [0.05, 0.1) is 27.3 Å². The van der Waals surface area contributed by atoms with Crippen molar-refractivity contribution in [3.05, 3.63) is 0 Å². The Kier molecular flexibility index (Phi) is 10.3. The van der Waals surface area contributed by atoms with Crippen molar-refractivity contribution in [2.24, 2.45) is 0 Å². The van der Waals surface area contributed by atoms with Crippen LogP contribution in [0.25, 0.3) is 0 Å². The van der Waals surface area contributed by atoms with E-state index < -0.39 is 0 Å². The first kappa shape index (κ1) is 18.4. The summed E-state index contributed by atoms with van der Waals surface area (Å²) in [7, 11) is 2.65. The van der Waals surface area contributed by atoms with Crippen molar-refractivity contribution in [3.63, 3.8) is 0 Å². The van der Waals surface area contributed by atoms with Crippen molar-refractivity contribution in [3.8, 4) is 0 Å². The van der Waals surface area contributed by atoms with Gasteiger partial charge in [-0.3, -0.25) is 19.3 Å². The summed E-state index contributed by atoms with van der Waals surface area (Å²) < 4.78 is 9.08. The predicted molar refractivity (Wildman–Crippen MR) is 73.0 cm³/mol. The first-order valence-corrected chi connectivity index (χ1v) is 6.66. The van der Waals surface area contributed by atoms with Crippen LogP contribution >= 0.6 is 0 Å². The fourth-order valence-corrected chi connectivity index (χ4v) is 1.60. The Labute approximate surface area is 119 Å². The van der Waals surface area contributed by atoms with Crippen molar-refractivity contribution < 1.29 is 23.9 Å². The first-order valence-electron chi connectivity index (χ1n) is 6.66. The Morgan fingerprint density at radius 2 is 1.70 bits per heavy atom. The van der Waals surface area contributed by atoms with Gasteiger partial charge in [-0.15, -0.1) is 0 Å². The third-order valence-electron chi connectivity index (χ3n) is 2.59. The van der Waals surface area contributed by atoms with E-state index in [1.165, 1.54) is 14.2 Å². The molecule has 0 rings (SSSR count). The van der Waals surface area contributed by atoms with E-state index in [2.05, 4.69) is 14.8 Å². The average Bonchev–Trinajstić information content (AvgIpc) is 2.43. The van der Waals surface area contributed by atoms with E-state index in [1.807, 2.05) is 6.92 Å². The molecule has 0 bridgehead atoms. The number of rotatable bonds is 10. The molecule has 1 amide bonds. The predicted octanol–water partition coefficient (Wildman–Crippen LogP) is -0.0592. The van der Waals surface area contributed by atoms with Crippen molar-refractivity contribution in [1.29, 1.82) is 0 Å². The van der Waals surface area contributed by atoms with Crippen LogP contribution < -0.4 is 5.32 Å². The van der Waals surface area contributed by atoms with Gasteiger partial charge in [0.2, 0.25) is 5.91 Å². The van der Waals surface area contributed by atoms with Crippen LogP contribution in [0.4, 0.5) is 0 Å². The summed E-state index contributed by atoms with van der Waals surface area (Å²) in [5, 5.41) is 2.70. The van der Waals surface area contributed by atoms with Gasteiger partial charge in [0.15, 0.2) is 0 Å². The minimum absolute atomic E-state index is 0.0971. The van der Waals surface area contributed by atoms with Crippen LogP contribution in [0.1, 0.15) is 26.2 Å². The van der Waals surface area contributed by atoms with Crippen LogP contribution in [0.2, 0.25) is 0 Å². The average molecular weight is 288 g/mol. The second-order valence-corrected chi connectivity index (χ2v) is 4.32. The van der Waals surface area contributed by atoms with Crippen molar-refractivity contribution in [2.75, 3.05) is 40.4 Å². The maximum atomic E-state index is 11.7. The van der Waals surface area contributed by atoms with E-state index in [1.54, 1.807) is 4.90 Å². The fourth-order valence-electron chi connectivity index (χ4n) is 1.60. The molecule has 0 aliphatic carbocycles. The van der Waals surface area contributed by atoms with Gasteiger partial charge in [0.1, 0.15) is 0 Å². The lowest BCUT2D eigenvalue weighted by Crippen LogP contribution is -2.40. The van der Waals surface area contributed by atoms with Gasteiger partial charge < -0.3 is 14.8 Å². The molecular weight excluding hydrogens is 264 g/mol. The molecule has 0 aliphatic rings. The maximum Gasteiger partial charge on any atom is 0.319 e. The summed E-state index contributed by atoms with van der Waals surface area (Å²) in [6.07, 6.45) is 1.65. The van der Waals surface area contributed by atoms with Gasteiger partial charge in [-0.1, -0.05) is 6.92 Å². The van der Waals surface area contributed by atoms with Crippen LogP contribution in [0.15, 0.2) is 0 Å². The second-order valence-electron chi connectivity index (χ2n) is 4.32. The lowest BCUT2D eigenvalue weighted by molar-refractivity contribution is -0.143. The summed E-state index contributed by atoms with van der Waals surface area (Å²) in [6, 6.07) is 0. The Morgan fingerprint density at radius 3 is 2.25 bits per heavy atom. The normalized spacial score (nSPS) is 10.2. The van der Waals surface area contributed by atoms with Gasteiger partial charge in [-0.25, -0.2) is 0 Å². The number of hydrogen-bond donors (Lipinski definition) is 1. The van der Waals surface area contributed by atoms with Gasteiger partial charge in [-0.05, 0) is 19.4 Å². The van der Waals surface area contributed by atoms with Crippen molar-refractivity contribution in [1.82, 2.24) is 10.2 Å². The third-order valence-corrected chi connectivity index (χ3v) is 2.59. The van der Waals surface area contributed by atoms with E-state index in [0.29, 0.717) is 19.5 Å². The molecule has 0 saturated heterocycles. The van der Waals surface area contributed by atoms with Crippen molar-refractivity contribution in [2.45, 2.75) is 26.2 Å². The molecule has 0 heterocycles. The van der Waals surface area contributed by atoms with Gasteiger partial charge in [0, 0.05) is 13.0 Å². The Balaban J connectivity index is 3.94. The molecular formula is C13H24N2O5. The van der Waals surface area contributed by atoms with Gasteiger partial charge >= 0.3 is 11.9 Å². The molecule has 0 saturated carbocycles. The molecule has 20 heavy (non-hydrogen) atoms. The SMILES string of the molecule is CCCN(CC(=O)NCCCC(=O)OC)CC(=O)OC.